The van der Waals surface area contributed by atoms with E-state index in [1.807, 2.05) is 60.6 Å². The molecule has 0 aromatic heterocycles. The summed E-state index contributed by atoms with van der Waals surface area (Å²) in [6.45, 7) is 17.8. The first kappa shape index (κ1) is 46.0. The van der Waals surface area contributed by atoms with E-state index in [0.29, 0.717) is 56.6 Å². The van der Waals surface area contributed by atoms with E-state index in [9.17, 15) is 29.1 Å². The van der Waals surface area contributed by atoms with Gasteiger partial charge in [0.25, 0.3) is 0 Å². The molecule has 13 nitrogen and oxygen atoms in total. The van der Waals surface area contributed by atoms with E-state index >= 15 is 0 Å². The molecule has 0 unspecified atom stereocenters. The molecule has 14 heteroatoms. The summed E-state index contributed by atoms with van der Waals surface area (Å²) in [6.07, 6.45) is 2.18. The number of aliphatic imine (C=N–C) groups is 1. The third-order valence-corrected chi connectivity index (χ3v) is 13.3. The number of carbonyl (C=O) groups excluding carboxylic acids is 5. The van der Waals surface area contributed by atoms with Crippen molar-refractivity contribution in [2.45, 2.75) is 156 Å². The first-order chi connectivity index (χ1) is 26.7. The molecule has 1 fully saturated rings. The summed E-state index contributed by atoms with van der Waals surface area (Å²) in [6, 6.07) is 3.27. The third kappa shape index (κ3) is 12.2. The molecule has 1 saturated heterocycles. The molecule has 0 spiro atoms. The van der Waals surface area contributed by atoms with E-state index in [-0.39, 0.29) is 42.5 Å². The second-order valence-corrected chi connectivity index (χ2v) is 19.0. The fourth-order valence-electron chi connectivity index (χ4n) is 7.56. The fourth-order valence-corrected chi connectivity index (χ4v) is 8.88. The summed E-state index contributed by atoms with van der Waals surface area (Å²) < 4.78 is 11.5. The van der Waals surface area contributed by atoms with Gasteiger partial charge in [0, 0.05) is 30.6 Å². The first-order valence-corrected chi connectivity index (χ1v) is 21.7. The van der Waals surface area contributed by atoms with Crippen molar-refractivity contribution in [3.05, 3.63) is 29.8 Å². The number of cyclic esters (lactones) is 1. The van der Waals surface area contributed by atoms with Gasteiger partial charge in [0.1, 0.15) is 36.0 Å². The molecule has 3 aliphatic rings. The Labute approximate surface area is 343 Å². The van der Waals surface area contributed by atoms with E-state index in [2.05, 4.69) is 22.9 Å². The van der Waals surface area contributed by atoms with Crippen LogP contribution in [0.1, 0.15) is 113 Å². The highest BCUT2D eigenvalue weighted by molar-refractivity contribution is 8.14. The Balaban J connectivity index is 1.65. The van der Waals surface area contributed by atoms with Crippen molar-refractivity contribution in [3.63, 3.8) is 0 Å². The lowest BCUT2D eigenvalue weighted by Gasteiger charge is -2.37. The predicted molar refractivity (Wildman–Crippen MR) is 223 cm³/mol. The van der Waals surface area contributed by atoms with Crippen molar-refractivity contribution in [1.29, 1.82) is 0 Å². The second kappa shape index (κ2) is 19.9. The standard InChI is InChI=1S/C43H67N5O8S/c1-11-26(3)36-39(53)48-20-12-13-32(48)40(54)56-34(42(5,6)7)22-25(2)21-33(49)43(8,9)41-45-29(24-57-41)16-19-35(50)46-31(38(52)44-27(4)37(51)47-36)23-28-14-17-30(55-10)18-15-28/h14-15,17-18,25-27,29,31-34,36,49H,11-13,16,19-24H2,1-10H3,(H,44,52)(H,46,50)(H,47,51)/t25-,26-,27-,29-,31-,32-,33-,34-,36-/m0/s1. The summed E-state index contributed by atoms with van der Waals surface area (Å²) in [5, 5.41) is 21.0. The number of benzene rings is 1. The van der Waals surface area contributed by atoms with Gasteiger partial charge < -0.3 is 35.4 Å². The van der Waals surface area contributed by atoms with Gasteiger partial charge in [-0.2, -0.15) is 0 Å². The number of carbonyl (C=O) groups is 5. The molecule has 2 bridgehead atoms. The fraction of sp³-hybridized carbons (Fsp3) is 0.721. The van der Waals surface area contributed by atoms with Crippen molar-refractivity contribution in [3.8, 4) is 5.75 Å². The van der Waals surface area contributed by atoms with Crippen molar-refractivity contribution < 1.29 is 38.6 Å². The van der Waals surface area contributed by atoms with Gasteiger partial charge in [0.15, 0.2) is 0 Å². The van der Waals surface area contributed by atoms with E-state index in [4.69, 9.17) is 14.5 Å². The highest BCUT2D eigenvalue weighted by atomic mass is 32.2. The van der Waals surface area contributed by atoms with Crippen LogP contribution in [0.2, 0.25) is 0 Å². The number of fused-ring (bicyclic) bond motifs is 2. The Kier molecular flexibility index (Phi) is 16.1. The normalized spacial score (nSPS) is 30.8. The Bertz CT molecular complexity index is 1610. The largest absolute Gasteiger partial charge is 0.497 e. The first-order valence-electron chi connectivity index (χ1n) is 20.7. The Morgan fingerprint density at radius 1 is 1.02 bits per heavy atom. The molecule has 3 heterocycles. The number of esters is 1. The van der Waals surface area contributed by atoms with Gasteiger partial charge >= 0.3 is 5.97 Å². The number of aliphatic hydroxyl groups is 1. The topological polar surface area (TPSA) is 176 Å². The van der Waals surface area contributed by atoms with Crippen LogP contribution in [-0.4, -0.2) is 106 Å². The molecule has 1 aromatic rings. The number of aliphatic hydroxyl groups excluding tert-OH is 1. The molecule has 3 aliphatic heterocycles. The summed E-state index contributed by atoms with van der Waals surface area (Å²) in [5.74, 6) is -1.21. The number of amides is 4. The number of methoxy groups -OCH3 is 1. The van der Waals surface area contributed by atoms with Gasteiger partial charge in [-0.15, -0.1) is 11.8 Å². The average molecular weight is 814 g/mol. The van der Waals surface area contributed by atoms with Crippen LogP contribution in [-0.2, 0) is 35.1 Å². The molecule has 0 aliphatic carbocycles. The summed E-state index contributed by atoms with van der Waals surface area (Å²) in [5.41, 5.74) is -0.270. The number of nitrogens with zero attached hydrogens (tertiary/aromatic N) is 2. The van der Waals surface area contributed by atoms with Crippen LogP contribution in [0, 0.1) is 22.7 Å². The molecular formula is C43H67N5O8S. The van der Waals surface area contributed by atoms with Crippen molar-refractivity contribution in [2.24, 2.45) is 27.7 Å². The molecule has 4 N–H and O–H groups in total. The summed E-state index contributed by atoms with van der Waals surface area (Å²) in [4.78, 5) is 75.7. The zero-order valence-corrected chi connectivity index (χ0v) is 36.5. The minimum absolute atomic E-state index is 0.00671. The zero-order chi connectivity index (χ0) is 42.2. The van der Waals surface area contributed by atoms with Crippen LogP contribution in [0.5, 0.6) is 5.75 Å². The second-order valence-electron chi connectivity index (χ2n) is 18.0. The van der Waals surface area contributed by atoms with E-state index < -0.39 is 65.0 Å². The monoisotopic (exact) mass is 813 g/mol. The highest BCUT2D eigenvalue weighted by Gasteiger charge is 2.43. The maximum absolute atomic E-state index is 14.3. The van der Waals surface area contributed by atoms with E-state index in [1.165, 1.54) is 4.90 Å². The lowest BCUT2D eigenvalue weighted by molar-refractivity contribution is -0.164. The van der Waals surface area contributed by atoms with Gasteiger partial charge in [-0.3, -0.25) is 24.2 Å². The Morgan fingerprint density at radius 2 is 1.70 bits per heavy atom. The third-order valence-electron chi connectivity index (χ3n) is 11.9. The van der Waals surface area contributed by atoms with Gasteiger partial charge in [0.05, 0.1) is 24.3 Å². The maximum Gasteiger partial charge on any atom is 0.329 e. The van der Waals surface area contributed by atoms with Crippen molar-refractivity contribution in [1.82, 2.24) is 20.9 Å². The average Bonchev–Trinajstić information content (AvgIpc) is 3.86. The van der Waals surface area contributed by atoms with Crippen LogP contribution in [0.25, 0.3) is 0 Å². The maximum atomic E-state index is 14.3. The van der Waals surface area contributed by atoms with Crippen LogP contribution in [0.15, 0.2) is 29.3 Å². The van der Waals surface area contributed by atoms with Gasteiger partial charge in [-0.25, -0.2) is 4.79 Å². The van der Waals surface area contributed by atoms with Crippen LogP contribution >= 0.6 is 11.8 Å². The number of rotatable bonds is 5. The molecule has 0 radical (unpaired) electrons. The van der Waals surface area contributed by atoms with E-state index in [0.717, 1.165) is 10.6 Å². The number of hydrogen-bond acceptors (Lipinski definition) is 10. The number of ether oxygens (including phenoxy) is 2. The summed E-state index contributed by atoms with van der Waals surface area (Å²) >= 11 is 1.59. The molecular weight excluding hydrogens is 747 g/mol. The minimum atomic E-state index is -1.04. The molecule has 1 aromatic carbocycles. The van der Waals surface area contributed by atoms with Gasteiger partial charge in [-0.1, -0.05) is 73.9 Å². The number of thioether (sulfide) groups is 1. The minimum Gasteiger partial charge on any atom is -0.497 e. The van der Waals surface area contributed by atoms with Crippen molar-refractivity contribution >= 4 is 46.4 Å². The van der Waals surface area contributed by atoms with Crippen LogP contribution < -0.4 is 20.7 Å². The quantitative estimate of drug-likeness (QED) is 0.304. The Morgan fingerprint density at radius 3 is 2.33 bits per heavy atom. The molecule has 0 saturated carbocycles. The lowest BCUT2D eigenvalue weighted by Crippen LogP contribution is -2.59. The van der Waals surface area contributed by atoms with Crippen LogP contribution in [0.3, 0.4) is 0 Å². The SMILES string of the molecule is CC[C@H](C)[C@@H]1NC(=O)[C@H](C)NC(=O)[C@H](Cc2ccc(OC)cc2)NC(=O)CC[C@H]2CSC(=N2)C(C)(C)[C@@H](O)C[C@H](C)C[C@@H](C(C)(C)C)OC(=O)[C@@H]2CCCN2C1=O. The molecule has 4 amide bonds. The summed E-state index contributed by atoms with van der Waals surface area (Å²) in [7, 11) is 1.56. The van der Waals surface area contributed by atoms with E-state index in [1.54, 1.807) is 37.9 Å². The lowest BCUT2D eigenvalue weighted by atomic mass is 9.78. The molecule has 9 atom stereocenters. The highest BCUT2D eigenvalue weighted by Crippen LogP contribution is 2.39. The number of hydrogen-bond donors (Lipinski definition) is 4. The zero-order valence-electron chi connectivity index (χ0n) is 35.7. The van der Waals surface area contributed by atoms with Crippen LogP contribution in [0.4, 0.5) is 0 Å². The van der Waals surface area contributed by atoms with Gasteiger partial charge in [0.2, 0.25) is 23.6 Å². The molecule has 57 heavy (non-hydrogen) atoms. The Hall–Kier alpha value is -3.65. The molecule has 318 valence electrons. The molecule has 4 rings (SSSR count). The smallest absolute Gasteiger partial charge is 0.329 e. The number of nitrogens with one attached hydrogen (secondary N) is 3. The van der Waals surface area contributed by atoms with Crippen molar-refractivity contribution in [2.75, 3.05) is 19.4 Å². The predicted octanol–water partition coefficient (Wildman–Crippen LogP) is 4.82. The van der Waals surface area contributed by atoms with Gasteiger partial charge in [-0.05, 0) is 74.0 Å².